The van der Waals surface area contributed by atoms with Gasteiger partial charge in [-0.15, -0.1) is 0 Å². The maximum Gasteiger partial charge on any atom is 0.0775 e. The van der Waals surface area contributed by atoms with E-state index in [0.29, 0.717) is 0 Å². The molecule has 37 heavy (non-hydrogen) atoms. The topological polar surface area (TPSA) is 6.48 Å². The maximum absolute atomic E-state index is 2.39. The minimum Gasteiger partial charge on any atom is -0.311 e. The first-order valence-corrected chi connectivity index (χ1v) is 16.4. The summed E-state index contributed by atoms with van der Waals surface area (Å²) >= 11 is 0. The lowest BCUT2D eigenvalue weighted by Gasteiger charge is -2.29. The Morgan fingerprint density at radius 2 is 0.676 bits per heavy atom. The summed E-state index contributed by atoms with van der Waals surface area (Å²) in [5.41, 5.74) is 8.12. The highest BCUT2D eigenvalue weighted by atomic mass is 28.3. The van der Waals surface area contributed by atoms with Crippen molar-refractivity contribution in [2.45, 2.75) is 26.6 Å². The Kier molecular flexibility index (Phi) is 6.98. The number of aryl methyl sites for hydroxylation is 1. The van der Waals surface area contributed by atoms with Crippen LogP contribution in [0.15, 0.2) is 133 Å². The first-order valence-electron chi connectivity index (χ1n) is 12.9. The molecule has 0 heterocycles. The van der Waals surface area contributed by atoms with Gasteiger partial charge in [0.2, 0.25) is 0 Å². The van der Waals surface area contributed by atoms with Crippen LogP contribution in [0, 0.1) is 6.92 Å². The number of anilines is 6. The fraction of sp³-hybridized carbons (Fsp3) is 0.118. The van der Waals surface area contributed by atoms with Gasteiger partial charge in [-0.05, 0) is 79.7 Å². The molecular formula is C34H34N2Si. The molecule has 0 radical (unpaired) electrons. The summed E-state index contributed by atoms with van der Waals surface area (Å²) in [6.45, 7) is 9.31. The zero-order chi connectivity index (χ0) is 25.8. The van der Waals surface area contributed by atoms with Crippen LogP contribution in [-0.4, -0.2) is 8.07 Å². The molecule has 3 heteroatoms. The van der Waals surface area contributed by atoms with Gasteiger partial charge in [0.25, 0.3) is 0 Å². The Morgan fingerprint density at radius 1 is 0.378 bits per heavy atom. The van der Waals surface area contributed by atoms with Crippen LogP contribution in [0.25, 0.3) is 0 Å². The van der Waals surface area contributed by atoms with E-state index in [4.69, 9.17) is 0 Å². The molecule has 5 aromatic carbocycles. The van der Waals surface area contributed by atoms with E-state index in [1.165, 1.54) is 16.4 Å². The molecule has 0 aliphatic carbocycles. The lowest BCUT2D eigenvalue weighted by atomic mass is 10.1. The number of nitrogens with zero attached hydrogens (tertiary/aromatic N) is 2. The highest BCUT2D eigenvalue weighted by Crippen LogP contribution is 2.38. The van der Waals surface area contributed by atoms with Gasteiger partial charge in [0.15, 0.2) is 0 Å². The molecule has 2 nitrogen and oxygen atoms in total. The third kappa shape index (κ3) is 5.52. The van der Waals surface area contributed by atoms with E-state index in [-0.39, 0.29) is 0 Å². The van der Waals surface area contributed by atoms with Gasteiger partial charge in [-0.2, -0.15) is 0 Å². The molecule has 0 saturated heterocycles. The van der Waals surface area contributed by atoms with Crippen LogP contribution in [0.1, 0.15) is 5.56 Å². The van der Waals surface area contributed by atoms with Gasteiger partial charge < -0.3 is 9.80 Å². The molecule has 0 aliphatic heterocycles. The van der Waals surface area contributed by atoms with Crippen LogP contribution in [0.5, 0.6) is 0 Å². The van der Waals surface area contributed by atoms with E-state index >= 15 is 0 Å². The highest BCUT2D eigenvalue weighted by molar-refractivity contribution is 6.88. The maximum atomic E-state index is 2.39. The summed E-state index contributed by atoms with van der Waals surface area (Å²) in [5, 5.41) is 1.47. The molecule has 184 valence electrons. The minimum atomic E-state index is -1.37. The van der Waals surface area contributed by atoms with Gasteiger partial charge in [0.05, 0.1) is 8.07 Å². The van der Waals surface area contributed by atoms with Crippen molar-refractivity contribution in [2.24, 2.45) is 0 Å². The molecule has 0 aliphatic rings. The van der Waals surface area contributed by atoms with E-state index in [9.17, 15) is 0 Å². The van der Waals surface area contributed by atoms with Crippen LogP contribution in [-0.2, 0) is 0 Å². The van der Waals surface area contributed by atoms with Crippen LogP contribution >= 0.6 is 0 Å². The Balaban J connectivity index is 1.56. The molecule has 0 bridgehead atoms. The van der Waals surface area contributed by atoms with Gasteiger partial charge in [-0.25, -0.2) is 0 Å². The second kappa shape index (κ2) is 10.5. The predicted octanol–water partition coefficient (Wildman–Crippen LogP) is 9.48. The monoisotopic (exact) mass is 498 g/mol. The molecule has 0 unspecified atom stereocenters. The quantitative estimate of drug-likeness (QED) is 0.206. The van der Waals surface area contributed by atoms with Gasteiger partial charge in [0, 0.05) is 34.1 Å². The molecule has 5 rings (SSSR count). The molecule has 0 atom stereocenters. The molecule has 0 amide bonds. The van der Waals surface area contributed by atoms with E-state index in [0.717, 1.165) is 28.4 Å². The minimum absolute atomic E-state index is 1.12. The van der Waals surface area contributed by atoms with Gasteiger partial charge in [-0.3, -0.25) is 0 Å². The molecule has 0 aromatic heterocycles. The molecule has 5 aromatic rings. The van der Waals surface area contributed by atoms with E-state index in [2.05, 4.69) is 170 Å². The van der Waals surface area contributed by atoms with Crippen LogP contribution in [0.3, 0.4) is 0 Å². The molecule has 0 N–H and O–H groups in total. The Morgan fingerprint density at radius 3 is 1.03 bits per heavy atom. The van der Waals surface area contributed by atoms with Crippen LogP contribution in [0.2, 0.25) is 19.6 Å². The number of para-hydroxylation sites is 2. The van der Waals surface area contributed by atoms with E-state index in [1.54, 1.807) is 0 Å². The lowest BCUT2D eigenvalue weighted by Crippen LogP contribution is -2.37. The van der Waals surface area contributed by atoms with Crippen molar-refractivity contribution < 1.29 is 0 Å². The smallest absolute Gasteiger partial charge is 0.0775 e. The second-order valence-electron chi connectivity index (χ2n) is 10.5. The number of hydrogen-bond donors (Lipinski definition) is 0. The third-order valence-electron chi connectivity index (χ3n) is 6.68. The summed E-state index contributed by atoms with van der Waals surface area (Å²) in [6.07, 6.45) is 0. The van der Waals surface area contributed by atoms with Crippen LogP contribution in [0.4, 0.5) is 34.1 Å². The Labute approximate surface area is 222 Å². The summed E-state index contributed by atoms with van der Waals surface area (Å²) in [5.74, 6) is 0. The van der Waals surface area contributed by atoms with Crippen molar-refractivity contribution in [2.75, 3.05) is 9.80 Å². The lowest BCUT2D eigenvalue weighted by molar-refractivity contribution is 1.25. The van der Waals surface area contributed by atoms with Crippen molar-refractivity contribution in [3.8, 4) is 0 Å². The van der Waals surface area contributed by atoms with Crippen molar-refractivity contribution in [3.05, 3.63) is 139 Å². The number of rotatable bonds is 7. The Hall–Kier alpha value is -4.08. The van der Waals surface area contributed by atoms with Gasteiger partial charge >= 0.3 is 0 Å². The summed E-state index contributed by atoms with van der Waals surface area (Å²) in [7, 11) is -1.37. The first-order chi connectivity index (χ1) is 17.9. The standard InChI is InChI=1S/C34H34N2Si/c1-27-15-17-30(18-16-27)36(33-23-25-34(26-24-33)37(2,3)4)32-21-19-31(20-22-32)35(28-11-7-5-8-12-28)29-13-9-6-10-14-29/h5-26H,1-4H3. The average Bonchev–Trinajstić information content (AvgIpc) is 2.92. The predicted molar refractivity (Wildman–Crippen MR) is 164 cm³/mol. The normalized spacial score (nSPS) is 11.2. The summed E-state index contributed by atoms with van der Waals surface area (Å²) < 4.78 is 0. The van der Waals surface area contributed by atoms with Gasteiger partial charge in [0.1, 0.15) is 0 Å². The largest absolute Gasteiger partial charge is 0.311 e. The SMILES string of the molecule is Cc1ccc(N(c2ccc(N(c3ccccc3)c3ccccc3)cc2)c2ccc([Si](C)(C)C)cc2)cc1. The van der Waals surface area contributed by atoms with Crippen molar-refractivity contribution in [1.82, 2.24) is 0 Å². The fourth-order valence-corrected chi connectivity index (χ4v) is 5.77. The summed E-state index contributed by atoms with van der Waals surface area (Å²) in [4.78, 5) is 4.63. The van der Waals surface area contributed by atoms with Gasteiger partial charge in [-0.1, -0.05) is 91.1 Å². The number of hydrogen-bond acceptors (Lipinski definition) is 2. The molecule has 0 fully saturated rings. The van der Waals surface area contributed by atoms with Crippen LogP contribution < -0.4 is 15.0 Å². The third-order valence-corrected chi connectivity index (χ3v) is 8.74. The number of benzene rings is 5. The molecular weight excluding hydrogens is 464 g/mol. The van der Waals surface area contributed by atoms with Crippen molar-refractivity contribution in [3.63, 3.8) is 0 Å². The van der Waals surface area contributed by atoms with E-state index in [1.807, 2.05) is 0 Å². The zero-order valence-corrected chi connectivity index (χ0v) is 23.1. The fourth-order valence-electron chi connectivity index (χ4n) is 4.60. The first kappa shape index (κ1) is 24.6. The average molecular weight is 499 g/mol. The van der Waals surface area contributed by atoms with Crippen molar-refractivity contribution >= 4 is 47.4 Å². The Bertz CT molecular complexity index is 1380. The second-order valence-corrected chi connectivity index (χ2v) is 15.6. The highest BCUT2D eigenvalue weighted by Gasteiger charge is 2.19. The van der Waals surface area contributed by atoms with E-state index < -0.39 is 8.07 Å². The molecule has 0 spiro atoms. The summed E-state index contributed by atoms with van der Waals surface area (Å²) in [6, 6.07) is 47.9. The zero-order valence-electron chi connectivity index (χ0n) is 22.1. The molecule has 0 saturated carbocycles. The van der Waals surface area contributed by atoms with Crippen molar-refractivity contribution in [1.29, 1.82) is 0 Å².